The van der Waals surface area contributed by atoms with Crippen LogP contribution in [-0.2, 0) is 23.4 Å². The fraction of sp³-hybridized carbons (Fsp3) is 0.478. The Labute approximate surface area is 230 Å². The molecule has 4 N–H and O–H groups in total. The molecule has 0 radical (unpaired) electrons. The number of ether oxygens (including phenoxy) is 2. The lowest BCUT2D eigenvalue weighted by atomic mass is 9.95. The Hall–Kier alpha value is -3.37. The number of aliphatic hydroxyl groups is 1. The molecular weight excluding hydrogens is 579 g/mol. The number of nitrogens with two attached hydrogens (primary N) is 1. The standard InChI is InChI=1S/C23H27F4N6O7P/c1-12(2)38-20(35)13(3)32-41(36,40-14-7-5-4-6-8-14)37-9-22(21(24)25)23(26,27)16(34)19(39-22)33-11-31-15-17(28)29-10-30-18(15)33/h4-8,10-13,16,19,21,34H,9H2,1-3H3,(H,32,36)(H2,28,29,30). The van der Waals surface area contributed by atoms with Gasteiger partial charge in [-0.25, -0.2) is 28.3 Å². The van der Waals surface area contributed by atoms with E-state index in [1.807, 2.05) is 0 Å². The van der Waals surface area contributed by atoms with Crippen molar-refractivity contribution >= 4 is 30.7 Å². The molecule has 0 bridgehead atoms. The number of benzene rings is 1. The van der Waals surface area contributed by atoms with Gasteiger partial charge in [-0.05, 0) is 32.9 Å². The largest absolute Gasteiger partial charge is 0.462 e. The van der Waals surface area contributed by atoms with Gasteiger partial charge >= 0.3 is 19.6 Å². The average molecular weight is 606 g/mol. The molecular formula is C23H27F4N6O7P. The quantitative estimate of drug-likeness (QED) is 0.166. The van der Waals surface area contributed by atoms with E-state index in [1.54, 1.807) is 19.9 Å². The van der Waals surface area contributed by atoms with Crippen LogP contribution in [0.1, 0.15) is 27.0 Å². The summed E-state index contributed by atoms with van der Waals surface area (Å²) in [6.45, 7) is 2.57. The third-order valence-electron chi connectivity index (χ3n) is 6.03. The number of alkyl halides is 4. The molecule has 4 rings (SSSR count). The molecule has 2 aromatic heterocycles. The molecule has 5 unspecified atom stereocenters. The molecule has 224 valence electrons. The second-order valence-electron chi connectivity index (χ2n) is 9.36. The van der Waals surface area contributed by atoms with Crippen LogP contribution < -0.4 is 15.3 Å². The minimum atomic E-state index is -4.87. The van der Waals surface area contributed by atoms with Gasteiger partial charge in [0.1, 0.15) is 23.6 Å². The van der Waals surface area contributed by atoms with Crippen molar-refractivity contribution in [3.63, 3.8) is 0 Å². The molecule has 1 aromatic carbocycles. The number of anilines is 1. The summed E-state index contributed by atoms with van der Waals surface area (Å²) in [5.41, 5.74) is 1.63. The summed E-state index contributed by atoms with van der Waals surface area (Å²) in [4.78, 5) is 23.8. The first-order valence-corrected chi connectivity index (χ1v) is 13.7. The van der Waals surface area contributed by atoms with Crippen molar-refractivity contribution in [2.24, 2.45) is 0 Å². The first-order valence-electron chi connectivity index (χ1n) is 12.1. The second-order valence-corrected chi connectivity index (χ2v) is 11.1. The summed E-state index contributed by atoms with van der Waals surface area (Å²) >= 11 is 0. The van der Waals surface area contributed by atoms with Crippen molar-refractivity contribution in [1.82, 2.24) is 24.6 Å². The molecule has 1 aliphatic rings. The Morgan fingerprint density at radius 2 is 1.90 bits per heavy atom. The summed E-state index contributed by atoms with van der Waals surface area (Å²) in [6.07, 6.45) is -7.67. The van der Waals surface area contributed by atoms with E-state index in [4.69, 9.17) is 24.3 Å². The van der Waals surface area contributed by atoms with E-state index >= 15 is 8.78 Å². The van der Waals surface area contributed by atoms with Crippen LogP contribution in [0.25, 0.3) is 11.2 Å². The van der Waals surface area contributed by atoms with Crippen LogP contribution in [0.3, 0.4) is 0 Å². The number of halogens is 4. The molecule has 18 heteroatoms. The normalized spacial score (nSPS) is 24.4. The van der Waals surface area contributed by atoms with Gasteiger partial charge < -0.3 is 24.8 Å². The molecule has 0 amide bonds. The summed E-state index contributed by atoms with van der Waals surface area (Å²) in [6, 6.07) is 5.83. The predicted octanol–water partition coefficient (Wildman–Crippen LogP) is 3.07. The Morgan fingerprint density at radius 3 is 2.54 bits per heavy atom. The summed E-state index contributed by atoms with van der Waals surface area (Å²) in [5, 5.41) is 12.7. The molecule has 13 nitrogen and oxygen atoms in total. The van der Waals surface area contributed by atoms with Crippen molar-refractivity contribution in [2.45, 2.75) is 63.2 Å². The highest BCUT2D eigenvalue weighted by atomic mass is 31.2. The van der Waals surface area contributed by atoms with Gasteiger partial charge in [-0.1, -0.05) is 18.2 Å². The van der Waals surface area contributed by atoms with Gasteiger partial charge in [0.05, 0.1) is 19.0 Å². The molecule has 1 aliphatic heterocycles. The van der Waals surface area contributed by atoms with Gasteiger partial charge in [-0.15, -0.1) is 0 Å². The molecule has 3 aromatic rings. The van der Waals surface area contributed by atoms with E-state index in [-0.39, 0.29) is 22.7 Å². The molecule has 41 heavy (non-hydrogen) atoms. The number of hydrogen-bond donors (Lipinski definition) is 3. The van der Waals surface area contributed by atoms with Crippen LogP contribution in [-0.4, -0.2) is 73.4 Å². The molecule has 1 fully saturated rings. The fourth-order valence-corrected chi connectivity index (χ4v) is 5.48. The SMILES string of the molecule is CC(C)OC(=O)C(C)NP(=O)(OCC1(C(F)F)OC(n2cnc3c(N)ncnc32)C(O)C1(F)F)Oc1ccccc1. The number of nitrogens with one attached hydrogen (secondary N) is 1. The number of nitrogens with zero attached hydrogens (tertiary/aromatic N) is 4. The zero-order chi connectivity index (χ0) is 30.2. The number of para-hydroxylation sites is 1. The molecule has 0 aliphatic carbocycles. The van der Waals surface area contributed by atoms with Gasteiger partial charge in [-0.3, -0.25) is 13.9 Å². The number of carbonyl (C=O) groups is 1. The highest BCUT2D eigenvalue weighted by molar-refractivity contribution is 7.52. The number of esters is 1. The maximum absolute atomic E-state index is 15.5. The molecule has 3 heterocycles. The number of rotatable bonds is 11. The number of hydrogen-bond acceptors (Lipinski definition) is 11. The van der Waals surface area contributed by atoms with E-state index in [1.165, 1.54) is 31.2 Å². The van der Waals surface area contributed by atoms with Crippen molar-refractivity contribution in [1.29, 1.82) is 0 Å². The van der Waals surface area contributed by atoms with Crippen molar-refractivity contribution in [3.8, 4) is 5.75 Å². The van der Waals surface area contributed by atoms with Crippen molar-refractivity contribution in [3.05, 3.63) is 43.0 Å². The van der Waals surface area contributed by atoms with E-state index in [0.717, 1.165) is 17.2 Å². The molecule has 0 saturated carbocycles. The number of aliphatic hydroxyl groups excluding tert-OH is 1. The Balaban J connectivity index is 1.66. The van der Waals surface area contributed by atoms with Gasteiger partial charge in [-0.2, -0.15) is 13.9 Å². The average Bonchev–Trinajstić information content (AvgIpc) is 3.41. The lowest BCUT2D eigenvalue weighted by molar-refractivity contribution is -0.241. The van der Waals surface area contributed by atoms with Crippen LogP contribution in [0.5, 0.6) is 5.75 Å². The summed E-state index contributed by atoms with van der Waals surface area (Å²) < 4.78 is 95.1. The van der Waals surface area contributed by atoms with Crippen molar-refractivity contribution in [2.75, 3.05) is 12.3 Å². The van der Waals surface area contributed by atoms with Crippen molar-refractivity contribution < 1.29 is 50.5 Å². The smallest absolute Gasteiger partial charge is 0.459 e. The minimum Gasteiger partial charge on any atom is -0.462 e. The van der Waals surface area contributed by atoms with Gasteiger partial charge in [0, 0.05) is 0 Å². The summed E-state index contributed by atoms with van der Waals surface area (Å²) in [5.74, 6) is -5.82. The zero-order valence-corrected chi connectivity index (χ0v) is 22.8. The van der Waals surface area contributed by atoms with Crippen LogP contribution in [0.15, 0.2) is 43.0 Å². The Kier molecular flexibility index (Phi) is 8.57. The Morgan fingerprint density at radius 1 is 1.22 bits per heavy atom. The van der Waals surface area contributed by atoms with Crippen LogP contribution in [0, 0.1) is 0 Å². The fourth-order valence-electron chi connectivity index (χ4n) is 3.96. The lowest BCUT2D eigenvalue weighted by Crippen LogP contribution is -2.57. The lowest BCUT2D eigenvalue weighted by Gasteiger charge is -2.34. The molecule has 5 atom stereocenters. The predicted molar refractivity (Wildman–Crippen MR) is 134 cm³/mol. The number of carbonyl (C=O) groups excluding carboxylic acids is 1. The third kappa shape index (κ3) is 5.85. The third-order valence-corrected chi connectivity index (χ3v) is 7.65. The van der Waals surface area contributed by atoms with Gasteiger partial charge in [0.15, 0.2) is 23.8 Å². The first kappa shape index (κ1) is 30.6. The highest BCUT2D eigenvalue weighted by Crippen LogP contribution is 2.54. The maximum Gasteiger partial charge on any atom is 0.459 e. The first-order chi connectivity index (χ1) is 19.2. The monoisotopic (exact) mass is 606 g/mol. The van der Waals surface area contributed by atoms with E-state index in [0.29, 0.717) is 0 Å². The number of aromatic nitrogens is 4. The highest BCUT2D eigenvalue weighted by Gasteiger charge is 2.74. The van der Waals surface area contributed by atoms with Gasteiger partial charge in [0.25, 0.3) is 6.43 Å². The van der Waals surface area contributed by atoms with Crippen LogP contribution in [0.2, 0.25) is 0 Å². The molecule has 1 saturated heterocycles. The Bertz CT molecular complexity index is 1430. The minimum absolute atomic E-state index is 0.0513. The van der Waals surface area contributed by atoms with Gasteiger partial charge in [0.2, 0.25) is 5.60 Å². The van der Waals surface area contributed by atoms with E-state index in [2.05, 4.69) is 20.0 Å². The zero-order valence-electron chi connectivity index (χ0n) is 21.9. The van der Waals surface area contributed by atoms with Crippen LogP contribution in [0.4, 0.5) is 23.4 Å². The van der Waals surface area contributed by atoms with E-state index < -0.39 is 62.7 Å². The topological polar surface area (TPSA) is 173 Å². The summed E-state index contributed by atoms with van der Waals surface area (Å²) in [7, 11) is -4.87. The van der Waals surface area contributed by atoms with E-state index in [9.17, 15) is 23.2 Å². The number of nitrogen functional groups attached to an aromatic ring is 1. The number of fused-ring (bicyclic) bond motifs is 1. The second kappa shape index (κ2) is 11.5. The molecule has 0 spiro atoms. The maximum atomic E-state index is 15.5. The van der Waals surface area contributed by atoms with Crippen LogP contribution >= 0.6 is 7.75 Å². The number of imidazole rings is 1.